The zero-order valence-corrected chi connectivity index (χ0v) is 20.4. The van der Waals surface area contributed by atoms with E-state index in [1.807, 2.05) is 0 Å². The SMILES string of the molecule is CCCCCCCCCCCCCCCCCCCCCC(=O)O.[Ag].[H-].[H-].[Mg+2]. The van der Waals surface area contributed by atoms with Crippen LogP contribution in [0.25, 0.3) is 0 Å². The number of hydrogen-bond acceptors (Lipinski definition) is 1. The van der Waals surface area contributed by atoms with E-state index in [4.69, 9.17) is 5.11 Å². The number of hydrogen-bond donors (Lipinski definition) is 1. The first-order chi connectivity index (χ1) is 11.8. The fraction of sp³-hybridized carbons (Fsp3) is 0.955. The Morgan fingerprint density at radius 1 is 0.577 bits per heavy atom. The molecule has 1 radical (unpaired) electrons. The Morgan fingerprint density at radius 2 is 0.808 bits per heavy atom. The maximum Gasteiger partial charge on any atom is 2.00 e. The van der Waals surface area contributed by atoms with Crippen molar-refractivity contribution in [1.82, 2.24) is 0 Å². The molecule has 0 saturated heterocycles. The fourth-order valence-electron chi connectivity index (χ4n) is 3.35. The van der Waals surface area contributed by atoms with E-state index in [1.165, 1.54) is 109 Å². The zero-order valence-electron chi connectivity index (χ0n) is 19.5. The normalized spacial score (nSPS) is 10.2. The van der Waals surface area contributed by atoms with Crippen LogP contribution in [0.1, 0.15) is 138 Å². The first-order valence-corrected chi connectivity index (χ1v) is 11.0. The van der Waals surface area contributed by atoms with Crippen molar-refractivity contribution in [3.05, 3.63) is 0 Å². The van der Waals surface area contributed by atoms with Crippen LogP contribution in [0.4, 0.5) is 0 Å². The summed E-state index contributed by atoms with van der Waals surface area (Å²) in [6.45, 7) is 2.28. The Hall–Kier alpha value is 0.976. The van der Waals surface area contributed by atoms with Crippen molar-refractivity contribution in [2.45, 2.75) is 135 Å². The fourth-order valence-corrected chi connectivity index (χ4v) is 3.35. The molecule has 0 aliphatic rings. The summed E-state index contributed by atoms with van der Waals surface area (Å²) in [6, 6.07) is 0. The summed E-state index contributed by atoms with van der Waals surface area (Å²) in [5.41, 5.74) is 0. The molecule has 0 aromatic rings. The van der Waals surface area contributed by atoms with E-state index < -0.39 is 5.97 Å². The minimum atomic E-state index is -0.651. The molecule has 0 aliphatic carbocycles. The van der Waals surface area contributed by atoms with E-state index in [-0.39, 0.29) is 48.3 Å². The molecule has 0 spiro atoms. The van der Waals surface area contributed by atoms with Crippen LogP contribution >= 0.6 is 0 Å². The van der Waals surface area contributed by atoms with Crippen molar-refractivity contribution < 1.29 is 35.1 Å². The number of carbonyl (C=O) groups is 1. The molecular formula is C22H46AgMgO2. The standard InChI is InChI=1S/C22H44O2.Ag.Mg.2H/c1-2-3-4-5-6-7-8-9-10-11-12-13-14-15-16-17-18-19-20-21-22(23)24;;;;/h2-21H2,1H3,(H,23,24);;;;/q;;+2;2*-1. The average molecular weight is 475 g/mol. The predicted octanol–water partition coefficient (Wildman–Crippen LogP) is 7.73. The number of unbranched alkanes of at least 4 members (excludes halogenated alkanes) is 18. The van der Waals surface area contributed by atoms with Gasteiger partial charge in [0.15, 0.2) is 0 Å². The van der Waals surface area contributed by atoms with E-state index in [2.05, 4.69) is 6.92 Å². The van der Waals surface area contributed by atoms with Crippen LogP contribution in [0.2, 0.25) is 0 Å². The molecule has 159 valence electrons. The maximum atomic E-state index is 10.4. The van der Waals surface area contributed by atoms with Crippen molar-refractivity contribution in [3.8, 4) is 0 Å². The minimum absolute atomic E-state index is 0. The van der Waals surface area contributed by atoms with Crippen LogP contribution < -0.4 is 0 Å². The molecule has 1 N–H and O–H groups in total. The Balaban J connectivity index is -0.000000441. The van der Waals surface area contributed by atoms with Gasteiger partial charge in [0.1, 0.15) is 0 Å². The number of carboxylic acids is 1. The van der Waals surface area contributed by atoms with E-state index in [9.17, 15) is 4.79 Å². The molecule has 0 aromatic carbocycles. The Morgan fingerprint density at radius 3 is 1.04 bits per heavy atom. The van der Waals surface area contributed by atoms with E-state index >= 15 is 0 Å². The molecular weight excluding hydrogens is 428 g/mol. The molecule has 0 fully saturated rings. The first kappa shape index (κ1) is 31.7. The Bertz CT molecular complexity index is 273. The molecule has 0 bridgehead atoms. The van der Waals surface area contributed by atoms with Crippen LogP contribution in [0, 0.1) is 0 Å². The van der Waals surface area contributed by atoms with Crippen LogP contribution in [-0.4, -0.2) is 34.1 Å². The minimum Gasteiger partial charge on any atom is -1.00 e. The molecule has 26 heavy (non-hydrogen) atoms. The number of aliphatic carboxylic acids is 1. The van der Waals surface area contributed by atoms with Crippen molar-refractivity contribution >= 4 is 29.0 Å². The third kappa shape index (κ3) is 29.7. The summed E-state index contributed by atoms with van der Waals surface area (Å²) in [6.07, 6.45) is 26.1. The van der Waals surface area contributed by atoms with Gasteiger partial charge in [-0.25, -0.2) is 0 Å². The molecule has 0 amide bonds. The van der Waals surface area contributed by atoms with Crippen molar-refractivity contribution in [2.24, 2.45) is 0 Å². The molecule has 0 saturated carbocycles. The monoisotopic (exact) mass is 473 g/mol. The smallest absolute Gasteiger partial charge is 1.00 e. The molecule has 0 aromatic heterocycles. The van der Waals surface area contributed by atoms with Gasteiger partial charge in [-0.15, -0.1) is 0 Å². The molecule has 0 aliphatic heterocycles. The van der Waals surface area contributed by atoms with Gasteiger partial charge < -0.3 is 7.96 Å². The van der Waals surface area contributed by atoms with Gasteiger partial charge in [-0.1, -0.05) is 122 Å². The second kappa shape index (κ2) is 28.2. The second-order valence-electron chi connectivity index (χ2n) is 7.51. The summed E-state index contributed by atoms with van der Waals surface area (Å²) in [7, 11) is 0. The van der Waals surface area contributed by atoms with Crippen LogP contribution in [-0.2, 0) is 27.2 Å². The third-order valence-corrected chi connectivity index (χ3v) is 4.99. The van der Waals surface area contributed by atoms with Crippen molar-refractivity contribution in [1.29, 1.82) is 0 Å². The van der Waals surface area contributed by atoms with Crippen molar-refractivity contribution in [3.63, 3.8) is 0 Å². The average Bonchev–Trinajstić information content (AvgIpc) is 2.56. The zero-order chi connectivity index (χ0) is 17.7. The van der Waals surface area contributed by atoms with Gasteiger partial charge in [0, 0.05) is 28.8 Å². The molecule has 2 nitrogen and oxygen atoms in total. The van der Waals surface area contributed by atoms with Crippen LogP contribution in [0.15, 0.2) is 0 Å². The quantitative estimate of drug-likeness (QED) is 0.145. The topological polar surface area (TPSA) is 37.3 Å². The predicted molar refractivity (Wildman–Crippen MR) is 114 cm³/mol. The summed E-state index contributed by atoms with van der Waals surface area (Å²) in [5.74, 6) is -0.651. The van der Waals surface area contributed by atoms with Gasteiger partial charge >= 0.3 is 29.0 Å². The van der Waals surface area contributed by atoms with E-state index in [1.54, 1.807) is 0 Å². The van der Waals surface area contributed by atoms with Gasteiger partial charge in [-0.2, -0.15) is 0 Å². The van der Waals surface area contributed by atoms with Crippen LogP contribution in [0.5, 0.6) is 0 Å². The molecule has 0 heterocycles. The number of rotatable bonds is 20. The van der Waals surface area contributed by atoms with Gasteiger partial charge in [-0.3, -0.25) is 4.79 Å². The second-order valence-corrected chi connectivity index (χ2v) is 7.51. The maximum absolute atomic E-state index is 10.4. The summed E-state index contributed by atoms with van der Waals surface area (Å²) in [5, 5.41) is 8.56. The molecule has 4 heteroatoms. The van der Waals surface area contributed by atoms with Gasteiger partial charge in [0.25, 0.3) is 0 Å². The van der Waals surface area contributed by atoms with Gasteiger partial charge in [-0.05, 0) is 6.42 Å². The van der Waals surface area contributed by atoms with Gasteiger partial charge in [0.2, 0.25) is 0 Å². The summed E-state index contributed by atoms with van der Waals surface area (Å²) in [4.78, 5) is 10.4. The number of carboxylic acid groups (broad SMARTS) is 1. The summed E-state index contributed by atoms with van der Waals surface area (Å²) < 4.78 is 0. The molecule has 0 rings (SSSR count). The van der Waals surface area contributed by atoms with E-state index in [0.29, 0.717) is 6.42 Å². The molecule has 0 atom stereocenters. The summed E-state index contributed by atoms with van der Waals surface area (Å²) >= 11 is 0. The Labute approximate surface area is 198 Å². The van der Waals surface area contributed by atoms with Gasteiger partial charge in [0.05, 0.1) is 0 Å². The Kier molecular flexibility index (Phi) is 34.3. The first-order valence-electron chi connectivity index (χ1n) is 11.0. The largest absolute Gasteiger partial charge is 2.00 e. The van der Waals surface area contributed by atoms with E-state index in [0.717, 1.165) is 12.8 Å². The third-order valence-electron chi connectivity index (χ3n) is 4.99. The van der Waals surface area contributed by atoms with Crippen LogP contribution in [0.3, 0.4) is 0 Å². The molecule has 0 unspecified atom stereocenters. The van der Waals surface area contributed by atoms with Crippen molar-refractivity contribution in [2.75, 3.05) is 0 Å².